The number of aryl methyl sites for hydroxylation is 4. The molecule has 0 fully saturated rings. The predicted molar refractivity (Wildman–Crippen MR) is 99.7 cm³/mol. The molecule has 0 saturated heterocycles. The Morgan fingerprint density at radius 3 is 2.89 bits per heavy atom. The van der Waals surface area contributed by atoms with Gasteiger partial charge in [-0.2, -0.15) is 4.80 Å². The van der Waals surface area contributed by atoms with Crippen LogP contribution in [0.2, 0.25) is 0 Å². The quantitative estimate of drug-likeness (QED) is 0.753. The Labute approximate surface area is 156 Å². The number of nitrogens with zero attached hydrogens (tertiary/aromatic N) is 4. The molecule has 0 atom stereocenters. The Bertz CT molecular complexity index is 998. The second kappa shape index (κ2) is 7.26. The van der Waals surface area contributed by atoms with Crippen LogP contribution in [0, 0.1) is 12.7 Å². The summed E-state index contributed by atoms with van der Waals surface area (Å²) < 4.78 is 13.4. The SMILES string of the molecule is Cc1cc(-c2nnn(CCC(=O)Nc3ccc4c(c3)CCC4)n2)ccc1F. The average molecular weight is 365 g/mol. The monoisotopic (exact) mass is 365 g/mol. The summed E-state index contributed by atoms with van der Waals surface area (Å²) in [4.78, 5) is 13.6. The fourth-order valence-corrected chi connectivity index (χ4v) is 3.31. The number of benzene rings is 2. The molecule has 0 radical (unpaired) electrons. The number of carbonyl (C=O) groups is 1. The first-order valence-electron chi connectivity index (χ1n) is 9.04. The maximum atomic E-state index is 13.4. The van der Waals surface area contributed by atoms with E-state index in [9.17, 15) is 9.18 Å². The van der Waals surface area contributed by atoms with Crippen LogP contribution in [-0.4, -0.2) is 26.1 Å². The Kier molecular flexibility index (Phi) is 4.66. The van der Waals surface area contributed by atoms with E-state index in [1.807, 2.05) is 6.07 Å². The third kappa shape index (κ3) is 3.86. The highest BCUT2D eigenvalue weighted by Crippen LogP contribution is 2.25. The van der Waals surface area contributed by atoms with Gasteiger partial charge in [-0.3, -0.25) is 4.79 Å². The van der Waals surface area contributed by atoms with Crippen LogP contribution in [0.4, 0.5) is 10.1 Å². The van der Waals surface area contributed by atoms with Crippen molar-refractivity contribution < 1.29 is 9.18 Å². The number of aromatic nitrogens is 4. The molecule has 1 aliphatic carbocycles. The molecule has 1 amide bonds. The lowest BCUT2D eigenvalue weighted by molar-refractivity contribution is -0.116. The zero-order chi connectivity index (χ0) is 18.8. The molecule has 0 bridgehead atoms. The first-order chi connectivity index (χ1) is 13.1. The highest BCUT2D eigenvalue weighted by molar-refractivity contribution is 5.90. The van der Waals surface area contributed by atoms with Gasteiger partial charge >= 0.3 is 0 Å². The van der Waals surface area contributed by atoms with Crippen LogP contribution in [0.5, 0.6) is 0 Å². The first kappa shape index (κ1) is 17.3. The first-order valence-corrected chi connectivity index (χ1v) is 9.04. The van der Waals surface area contributed by atoms with Crippen molar-refractivity contribution in [2.45, 2.75) is 39.2 Å². The molecule has 6 nitrogen and oxygen atoms in total. The molecule has 1 N–H and O–H groups in total. The van der Waals surface area contributed by atoms with Gasteiger partial charge in [0.05, 0.1) is 6.54 Å². The molecule has 7 heteroatoms. The molecule has 1 aromatic heterocycles. The van der Waals surface area contributed by atoms with E-state index in [0.717, 1.165) is 18.5 Å². The zero-order valence-corrected chi connectivity index (χ0v) is 15.1. The molecule has 0 saturated carbocycles. The summed E-state index contributed by atoms with van der Waals surface area (Å²) in [6.07, 6.45) is 3.63. The minimum Gasteiger partial charge on any atom is -0.326 e. The molecule has 138 valence electrons. The number of amides is 1. The molecular weight excluding hydrogens is 345 g/mol. The van der Waals surface area contributed by atoms with Gasteiger partial charge in [0, 0.05) is 17.7 Å². The normalized spacial score (nSPS) is 12.8. The van der Waals surface area contributed by atoms with Crippen molar-refractivity contribution in [3.8, 4) is 11.4 Å². The minimum atomic E-state index is -0.269. The zero-order valence-electron chi connectivity index (χ0n) is 15.1. The van der Waals surface area contributed by atoms with Gasteiger partial charge in [0.2, 0.25) is 11.7 Å². The number of hydrogen-bond donors (Lipinski definition) is 1. The third-order valence-corrected chi connectivity index (χ3v) is 4.79. The van der Waals surface area contributed by atoms with Crippen molar-refractivity contribution in [3.63, 3.8) is 0 Å². The number of anilines is 1. The van der Waals surface area contributed by atoms with Gasteiger partial charge in [-0.1, -0.05) is 6.07 Å². The minimum absolute atomic E-state index is 0.0931. The van der Waals surface area contributed by atoms with E-state index in [-0.39, 0.29) is 18.1 Å². The number of nitrogens with one attached hydrogen (secondary N) is 1. The van der Waals surface area contributed by atoms with Gasteiger partial charge in [0.15, 0.2) is 0 Å². The summed E-state index contributed by atoms with van der Waals surface area (Å²) in [5.41, 5.74) is 4.75. The second-order valence-electron chi connectivity index (χ2n) is 6.81. The number of halogens is 1. The van der Waals surface area contributed by atoms with Crippen LogP contribution in [0.3, 0.4) is 0 Å². The standard InChI is InChI=1S/C20H20FN5O/c1-13-11-16(6-8-18(13)21)20-23-25-26(24-20)10-9-19(27)22-17-7-5-14-3-2-4-15(14)12-17/h5-8,11-12H,2-4,9-10H2,1H3,(H,22,27). The van der Waals surface area contributed by atoms with E-state index in [1.165, 1.54) is 28.4 Å². The summed E-state index contributed by atoms with van der Waals surface area (Å²) in [5, 5.41) is 15.2. The van der Waals surface area contributed by atoms with E-state index in [1.54, 1.807) is 19.1 Å². The summed E-state index contributed by atoms with van der Waals surface area (Å²) >= 11 is 0. The largest absolute Gasteiger partial charge is 0.326 e. The van der Waals surface area contributed by atoms with Crippen LogP contribution < -0.4 is 5.32 Å². The summed E-state index contributed by atoms with van der Waals surface area (Å²) in [5.74, 6) is 0.0518. The highest BCUT2D eigenvalue weighted by Gasteiger charge is 2.13. The maximum Gasteiger partial charge on any atom is 0.226 e. The molecular formula is C20H20FN5O. The Balaban J connectivity index is 1.35. The van der Waals surface area contributed by atoms with Gasteiger partial charge in [-0.25, -0.2) is 4.39 Å². The number of tetrazole rings is 1. The number of hydrogen-bond acceptors (Lipinski definition) is 4. The molecule has 2 aromatic carbocycles. The van der Waals surface area contributed by atoms with Crippen LogP contribution in [-0.2, 0) is 24.2 Å². The lowest BCUT2D eigenvalue weighted by Gasteiger charge is -2.07. The Morgan fingerprint density at radius 1 is 1.19 bits per heavy atom. The molecule has 0 unspecified atom stereocenters. The van der Waals surface area contributed by atoms with Crippen molar-refractivity contribution >= 4 is 11.6 Å². The Morgan fingerprint density at radius 2 is 2.04 bits per heavy atom. The topological polar surface area (TPSA) is 72.7 Å². The van der Waals surface area contributed by atoms with Gasteiger partial charge < -0.3 is 5.32 Å². The van der Waals surface area contributed by atoms with Crippen LogP contribution in [0.15, 0.2) is 36.4 Å². The van der Waals surface area contributed by atoms with E-state index in [2.05, 4.69) is 32.9 Å². The molecule has 3 aromatic rings. The predicted octanol–water partition coefficient (Wildman–Crippen LogP) is 3.31. The number of fused-ring (bicyclic) bond motifs is 1. The van der Waals surface area contributed by atoms with Gasteiger partial charge in [-0.15, -0.1) is 10.2 Å². The lowest BCUT2D eigenvalue weighted by atomic mass is 10.1. The molecule has 1 aliphatic rings. The number of carbonyl (C=O) groups excluding carboxylic acids is 1. The lowest BCUT2D eigenvalue weighted by Crippen LogP contribution is -2.15. The summed E-state index contributed by atoms with van der Waals surface area (Å²) in [6.45, 7) is 2.01. The summed E-state index contributed by atoms with van der Waals surface area (Å²) in [7, 11) is 0. The second-order valence-corrected chi connectivity index (χ2v) is 6.81. The van der Waals surface area contributed by atoms with Gasteiger partial charge in [0.25, 0.3) is 0 Å². The fraction of sp³-hybridized carbons (Fsp3) is 0.300. The maximum absolute atomic E-state index is 13.4. The molecule has 1 heterocycles. The Hall–Kier alpha value is -3.09. The van der Waals surface area contributed by atoms with Crippen molar-refractivity contribution in [2.24, 2.45) is 0 Å². The molecule has 4 rings (SSSR count). The van der Waals surface area contributed by atoms with E-state index >= 15 is 0 Å². The molecule has 0 aliphatic heterocycles. The molecule has 0 spiro atoms. The van der Waals surface area contributed by atoms with Gasteiger partial charge in [-0.05, 0) is 78.4 Å². The summed E-state index contributed by atoms with van der Waals surface area (Å²) in [6, 6.07) is 10.8. The van der Waals surface area contributed by atoms with Crippen LogP contribution in [0.1, 0.15) is 29.5 Å². The van der Waals surface area contributed by atoms with E-state index in [0.29, 0.717) is 23.5 Å². The number of rotatable bonds is 5. The highest BCUT2D eigenvalue weighted by atomic mass is 19.1. The van der Waals surface area contributed by atoms with Crippen LogP contribution in [0.25, 0.3) is 11.4 Å². The van der Waals surface area contributed by atoms with Crippen molar-refractivity contribution in [1.82, 2.24) is 20.2 Å². The van der Waals surface area contributed by atoms with E-state index in [4.69, 9.17) is 0 Å². The smallest absolute Gasteiger partial charge is 0.226 e. The van der Waals surface area contributed by atoms with Crippen LogP contribution >= 0.6 is 0 Å². The average Bonchev–Trinajstić information content (AvgIpc) is 3.31. The van der Waals surface area contributed by atoms with Crippen molar-refractivity contribution in [2.75, 3.05) is 5.32 Å². The van der Waals surface area contributed by atoms with Crippen molar-refractivity contribution in [1.29, 1.82) is 0 Å². The fourth-order valence-electron chi connectivity index (χ4n) is 3.31. The van der Waals surface area contributed by atoms with Crippen molar-refractivity contribution in [3.05, 3.63) is 58.9 Å². The third-order valence-electron chi connectivity index (χ3n) is 4.79. The van der Waals surface area contributed by atoms with Gasteiger partial charge in [0.1, 0.15) is 5.82 Å². The molecule has 27 heavy (non-hydrogen) atoms. The van der Waals surface area contributed by atoms with E-state index < -0.39 is 0 Å².